The van der Waals surface area contributed by atoms with Crippen LogP contribution in [0.15, 0.2) is 57.8 Å². The number of fused-ring (bicyclic) bond motifs is 1. The van der Waals surface area contributed by atoms with Crippen LogP contribution in [-0.2, 0) is 28.7 Å². The summed E-state index contributed by atoms with van der Waals surface area (Å²) in [4.78, 5) is 27.9. The summed E-state index contributed by atoms with van der Waals surface area (Å²) in [5, 5.41) is 10.8. The van der Waals surface area contributed by atoms with Crippen LogP contribution in [0, 0.1) is 0 Å². The molecule has 1 N–H and O–H groups in total. The van der Waals surface area contributed by atoms with Crippen molar-refractivity contribution in [1.29, 1.82) is 0 Å². The molecule has 4 rings (SSSR count). The molecule has 0 aliphatic carbocycles. The Morgan fingerprint density at radius 2 is 1.87 bits per heavy atom. The normalized spacial score (nSPS) is 11.6. The number of hydrogen-bond acceptors (Lipinski definition) is 7. The average Bonchev–Trinajstić information content (AvgIpc) is 3.23. The van der Waals surface area contributed by atoms with Gasteiger partial charge in [0.25, 0.3) is 11.4 Å². The van der Waals surface area contributed by atoms with E-state index in [2.05, 4.69) is 20.3 Å². The van der Waals surface area contributed by atoms with E-state index in [1.54, 1.807) is 24.3 Å². The summed E-state index contributed by atoms with van der Waals surface area (Å²) in [5.74, 6) is -0.811. The van der Waals surface area contributed by atoms with Crippen LogP contribution in [-0.4, -0.2) is 26.3 Å². The van der Waals surface area contributed by atoms with E-state index in [-0.39, 0.29) is 35.9 Å². The van der Waals surface area contributed by atoms with Crippen LogP contribution in [0.3, 0.4) is 0 Å². The van der Waals surface area contributed by atoms with E-state index < -0.39 is 17.7 Å². The first-order valence-electron chi connectivity index (χ1n) is 8.93. The van der Waals surface area contributed by atoms with Crippen LogP contribution in [0.4, 0.5) is 13.2 Å². The first-order chi connectivity index (χ1) is 14.8. The number of nitrogens with zero attached hydrogens (tertiary/aromatic N) is 3. The molecule has 0 aliphatic heterocycles. The van der Waals surface area contributed by atoms with Crippen LogP contribution in [0.2, 0.25) is 0 Å². The molecule has 0 saturated carbocycles. The minimum atomic E-state index is -4.50. The number of aromatic nitrogens is 4. The van der Waals surface area contributed by atoms with Crippen LogP contribution in [0.25, 0.3) is 22.2 Å². The van der Waals surface area contributed by atoms with Crippen LogP contribution < -0.4 is 5.56 Å². The van der Waals surface area contributed by atoms with Crippen molar-refractivity contribution in [3.63, 3.8) is 0 Å². The zero-order chi connectivity index (χ0) is 22.0. The van der Waals surface area contributed by atoms with Gasteiger partial charge in [-0.25, -0.2) is 5.10 Å². The third-order valence-corrected chi connectivity index (χ3v) is 4.36. The highest BCUT2D eigenvalue weighted by Gasteiger charge is 2.30. The van der Waals surface area contributed by atoms with E-state index in [4.69, 9.17) is 9.26 Å². The van der Waals surface area contributed by atoms with E-state index in [0.717, 1.165) is 12.1 Å². The van der Waals surface area contributed by atoms with Gasteiger partial charge in [-0.15, -0.1) is 0 Å². The Morgan fingerprint density at radius 1 is 1.10 bits per heavy atom. The molecule has 2 aromatic heterocycles. The fourth-order valence-corrected chi connectivity index (χ4v) is 2.90. The quantitative estimate of drug-likeness (QED) is 0.484. The van der Waals surface area contributed by atoms with Gasteiger partial charge in [-0.05, 0) is 18.2 Å². The van der Waals surface area contributed by atoms with Gasteiger partial charge in [0.1, 0.15) is 0 Å². The lowest BCUT2D eigenvalue weighted by atomic mass is 10.1. The maximum atomic E-state index is 12.9. The number of carbonyl (C=O) groups is 1. The second kappa shape index (κ2) is 8.01. The lowest BCUT2D eigenvalue weighted by Gasteiger charge is -2.06. The van der Waals surface area contributed by atoms with Crippen molar-refractivity contribution in [2.24, 2.45) is 0 Å². The first kappa shape index (κ1) is 20.3. The number of H-pyrrole nitrogens is 1. The van der Waals surface area contributed by atoms with Gasteiger partial charge in [0.2, 0.25) is 5.82 Å². The molecule has 0 radical (unpaired) electrons. The standard InChI is InChI=1S/C20H13F3N4O4/c21-20(22,23)12-5-3-4-11(8-12)18-24-16(31-27-18)10-30-17(28)9-15-13-6-1-2-7-14(13)19(29)26-25-15/h1-8H,9-10H2,(H,26,29). The fraction of sp³-hybridized carbons (Fsp3) is 0.150. The van der Waals surface area contributed by atoms with Gasteiger partial charge >= 0.3 is 12.1 Å². The molecule has 0 bridgehead atoms. The zero-order valence-electron chi connectivity index (χ0n) is 15.6. The highest BCUT2D eigenvalue weighted by atomic mass is 19.4. The maximum absolute atomic E-state index is 12.9. The van der Waals surface area contributed by atoms with Gasteiger partial charge in [-0.1, -0.05) is 35.5 Å². The van der Waals surface area contributed by atoms with Gasteiger partial charge in [-0.2, -0.15) is 23.3 Å². The molecule has 2 aromatic carbocycles. The molecule has 0 atom stereocenters. The molecule has 0 amide bonds. The monoisotopic (exact) mass is 430 g/mol. The minimum absolute atomic E-state index is 0.0644. The van der Waals surface area contributed by atoms with Crippen LogP contribution >= 0.6 is 0 Å². The minimum Gasteiger partial charge on any atom is -0.455 e. The van der Waals surface area contributed by atoms with Gasteiger partial charge in [0.05, 0.1) is 23.1 Å². The third kappa shape index (κ3) is 4.44. The van der Waals surface area contributed by atoms with Crippen molar-refractivity contribution >= 4 is 16.7 Å². The van der Waals surface area contributed by atoms with Crippen molar-refractivity contribution in [1.82, 2.24) is 20.3 Å². The lowest BCUT2D eigenvalue weighted by Crippen LogP contribution is -2.15. The number of esters is 1. The van der Waals surface area contributed by atoms with E-state index in [1.165, 1.54) is 12.1 Å². The molecule has 0 saturated heterocycles. The Morgan fingerprint density at radius 3 is 2.65 bits per heavy atom. The SMILES string of the molecule is O=C(Cc1n[nH]c(=O)c2ccccc12)OCc1nc(-c2cccc(C(F)(F)F)c2)no1. The number of halogens is 3. The second-order valence-electron chi connectivity index (χ2n) is 6.47. The zero-order valence-corrected chi connectivity index (χ0v) is 15.6. The van der Waals surface area contributed by atoms with Gasteiger partial charge in [0.15, 0.2) is 6.61 Å². The molecule has 2 heterocycles. The number of aromatic amines is 1. The van der Waals surface area contributed by atoms with Crippen molar-refractivity contribution in [2.75, 3.05) is 0 Å². The molecular formula is C20H13F3N4O4. The Labute approximate surface area is 171 Å². The summed E-state index contributed by atoms with van der Waals surface area (Å²) >= 11 is 0. The summed E-state index contributed by atoms with van der Waals surface area (Å²) < 4.78 is 48.6. The Hall–Kier alpha value is -4.02. The maximum Gasteiger partial charge on any atom is 0.416 e. The van der Waals surface area contributed by atoms with E-state index in [0.29, 0.717) is 16.5 Å². The molecule has 11 heteroatoms. The smallest absolute Gasteiger partial charge is 0.416 e. The summed E-state index contributed by atoms with van der Waals surface area (Å²) in [5.41, 5.74) is -0.778. The number of ether oxygens (including phenoxy) is 1. The molecule has 4 aromatic rings. The number of carbonyl (C=O) groups excluding carboxylic acids is 1. The largest absolute Gasteiger partial charge is 0.455 e. The van der Waals surface area contributed by atoms with Crippen molar-refractivity contribution in [2.45, 2.75) is 19.2 Å². The Kier molecular flexibility index (Phi) is 5.24. The summed E-state index contributed by atoms with van der Waals surface area (Å²) in [7, 11) is 0. The number of nitrogens with one attached hydrogen (secondary N) is 1. The fourth-order valence-electron chi connectivity index (χ4n) is 2.90. The first-order valence-corrected chi connectivity index (χ1v) is 8.93. The van der Waals surface area contributed by atoms with E-state index in [1.807, 2.05) is 0 Å². The number of hydrogen-bond donors (Lipinski definition) is 1. The number of alkyl halides is 3. The predicted octanol–water partition coefficient (Wildman–Crippen LogP) is 3.28. The summed E-state index contributed by atoms with van der Waals surface area (Å²) in [6.07, 6.45) is -4.72. The van der Waals surface area contributed by atoms with Crippen molar-refractivity contribution in [3.8, 4) is 11.4 Å². The highest BCUT2D eigenvalue weighted by Crippen LogP contribution is 2.31. The van der Waals surface area contributed by atoms with Gasteiger partial charge in [-0.3, -0.25) is 9.59 Å². The second-order valence-corrected chi connectivity index (χ2v) is 6.47. The van der Waals surface area contributed by atoms with Gasteiger partial charge in [0, 0.05) is 10.9 Å². The predicted molar refractivity (Wildman–Crippen MR) is 101 cm³/mol. The molecular weight excluding hydrogens is 417 g/mol. The molecule has 0 spiro atoms. The summed E-state index contributed by atoms with van der Waals surface area (Å²) in [6.45, 7) is -0.369. The Bertz CT molecular complexity index is 1310. The van der Waals surface area contributed by atoms with Crippen molar-refractivity contribution < 1.29 is 27.2 Å². The topological polar surface area (TPSA) is 111 Å². The van der Waals surface area contributed by atoms with E-state index >= 15 is 0 Å². The lowest BCUT2D eigenvalue weighted by molar-refractivity contribution is -0.145. The highest BCUT2D eigenvalue weighted by molar-refractivity contribution is 5.86. The van der Waals surface area contributed by atoms with E-state index in [9.17, 15) is 22.8 Å². The third-order valence-electron chi connectivity index (χ3n) is 4.36. The van der Waals surface area contributed by atoms with Crippen LogP contribution in [0.1, 0.15) is 17.1 Å². The molecule has 158 valence electrons. The number of benzene rings is 2. The van der Waals surface area contributed by atoms with Gasteiger partial charge < -0.3 is 9.26 Å². The summed E-state index contributed by atoms with van der Waals surface area (Å²) in [6, 6.07) is 11.1. The molecule has 8 nitrogen and oxygen atoms in total. The average molecular weight is 430 g/mol. The molecule has 31 heavy (non-hydrogen) atoms. The molecule has 0 fully saturated rings. The molecule has 0 aliphatic rings. The molecule has 0 unspecified atom stereocenters. The Balaban J connectivity index is 1.43. The van der Waals surface area contributed by atoms with Crippen molar-refractivity contribution in [3.05, 3.63) is 76.0 Å². The number of rotatable bonds is 5. The van der Waals surface area contributed by atoms with Crippen LogP contribution in [0.5, 0.6) is 0 Å².